The lowest BCUT2D eigenvalue weighted by Gasteiger charge is -2.28. The van der Waals surface area contributed by atoms with Gasteiger partial charge in [0.25, 0.3) is 0 Å². The van der Waals surface area contributed by atoms with E-state index in [9.17, 15) is 10.1 Å². The van der Waals surface area contributed by atoms with Crippen molar-refractivity contribution < 1.29 is 4.92 Å². The van der Waals surface area contributed by atoms with E-state index in [1.807, 2.05) is 25.7 Å². The van der Waals surface area contributed by atoms with Crippen molar-refractivity contribution in [1.29, 1.82) is 0 Å². The summed E-state index contributed by atoms with van der Waals surface area (Å²) < 4.78 is 0. The van der Waals surface area contributed by atoms with Crippen LogP contribution in [0.1, 0.15) is 39.3 Å². The number of hydrogen-bond donors (Lipinski definition) is 1. The van der Waals surface area contributed by atoms with Crippen molar-refractivity contribution in [3.63, 3.8) is 0 Å². The first-order valence-electron chi connectivity index (χ1n) is 7.47. The van der Waals surface area contributed by atoms with Gasteiger partial charge in [-0.05, 0) is 46.5 Å². The van der Waals surface area contributed by atoms with Gasteiger partial charge >= 0.3 is 5.69 Å². The third kappa shape index (κ3) is 3.59. The second kappa shape index (κ2) is 6.24. The van der Waals surface area contributed by atoms with Gasteiger partial charge in [0.05, 0.1) is 4.92 Å². The first-order chi connectivity index (χ1) is 9.93. The molecule has 0 aliphatic heterocycles. The molecule has 1 N–H and O–H groups in total. The zero-order valence-electron chi connectivity index (χ0n) is 13.1. The average Bonchev–Trinajstić information content (AvgIpc) is 3.18. The van der Waals surface area contributed by atoms with E-state index in [0.717, 1.165) is 6.54 Å². The molecule has 0 bridgehead atoms. The van der Waals surface area contributed by atoms with Gasteiger partial charge in [0.15, 0.2) is 0 Å². The van der Waals surface area contributed by atoms with Gasteiger partial charge in [-0.3, -0.25) is 10.1 Å². The number of nitrogens with zero attached hydrogens (tertiary/aromatic N) is 4. The minimum Gasteiger partial charge on any atom is -0.354 e. The Balaban J connectivity index is 2.47. The highest BCUT2D eigenvalue weighted by atomic mass is 16.6. The van der Waals surface area contributed by atoms with Gasteiger partial charge in [-0.2, -0.15) is 4.98 Å². The first-order valence-corrected chi connectivity index (χ1v) is 7.47. The van der Waals surface area contributed by atoms with Gasteiger partial charge in [0.1, 0.15) is 5.69 Å². The SMILES string of the molecule is CCNc1nc(C)c([N+](=O)[O-])c(N(CC2CC2)C(C)C)n1. The molecule has 1 aliphatic carbocycles. The monoisotopic (exact) mass is 293 g/mol. The Labute approximate surface area is 124 Å². The maximum absolute atomic E-state index is 11.4. The van der Waals surface area contributed by atoms with E-state index in [1.165, 1.54) is 12.8 Å². The fraction of sp³-hybridized carbons (Fsp3) is 0.714. The van der Waals surface area contributed by atoms with Crippen molar-refractivity contribution in [3.8, 4) is 0 Å². The van der Waals surface area contributed by atoms with Crippen molar-refractivity contribution >= 4 is 17.5 Å². The lowest BCUT2D eigenvalue weighted by molar-refractivity contribution is -0.385. The molecule has 1 saturated carbocycles. The third-order valence-corrected chi connectivity index (χ3v) is 3.60. The van der Waals surface area contributed by atoms with Crippen LogP contribution in [0, 0.1) is 23.0 Å². The van der Waals surface area contributed by atoms with E-state index in [2.05, 4.69) is 15.3 Å². The zero-order chi connectivity index (χ0) is 15.6. The highest BCUT2D eigenvalue weighted by Crippen LogP contribution is 2.36. The zero-order valence-corrected chi connectivity index (χ0v) is 13.1. The summed E-state index contributed by atoms with van der Waals surface area (Å²) in [6.07, 6.45) is 2.39. The van der Waals surface area contributed by atoms with E-state index < -0.39 is 0 Å². The largest absolute Gasteiger partial charge is 0.354 e. The Morgan fingerprint density at radius 1 is 1.43 bits per heavy atom. The summed E-state index contributed by atoms with van der Waals surface area (Å²) in [6, 6.07) is 0.160. The molecular weight excluding hydrogens is 270 g/mol. The molecule has 1 heterocycles. The van der Waals surface area contributed by atoms with Crippen molar-refractivity contribution in [1.82, 2.24) is 9.97 Å². The minimum atomic E-state index is -0.372. The number of rotatable bonds is 7. The van der Waals surface area contributed by atoms with Crippen LogP contribution in [0.5, 0.6) is 0 Å². The number of nitro groups is 1. The number of anilines is 2. The standard InChI is InChI=1S/C14H23N5O2/c1-5-15-14-16-10(4)12(19(20)21)13(17-14)18(9(2)3)8-11-6-7-11/h9,11H,5-8H2,1-4H3,(H,15,16,17). The predicted octanol–water partition coefficient (Wildman–Crippen LogP) is 2.75. The molecule has 21 heavy (non-hydrogen) atoms. The molecule has 0 unspecified atom stereocenters. The fourth-order valence-corrected chi connectivity index (χ4v) is 2.32. The highest BCUT2D eigenvalue weighted by Gasteiger charge is 2.32. The number of nitrogens with one attached hydrogen (secondary N) is 1. The van der Waals surface area contributed by atoms with Crippen molar-refractivity contribution in [2.24, 2.45) is 5.92 Å². The number of hydrogen-bond acceptors (Lipinski definition) is 6. The molecule has 1 fully saturated rings. The average molecular weight is 293 g/mol. The van der Waals surface area contributed by atoms with Crippen molar-refractivity contribution in [2.75, 3.05) is 23.3 Å². The van der Waals surface area contributed by atoms with E-state index in [-0.39, 0.29) is 16.7 Å². The summed E-state index contributed by atoms with van der Waals surface area (Å²) in [5, 5.41) is 14.5. The molecule has 1 aromatic rings. The predicted molar refractivity (Wildman–Crippen MR) is 82.8 cm³/mol. The second-order valence-electron chi connectivity index (χ2n) is 5.78. The summed E-state index contributed by atoms with van der Waals surface area (Å²) in [4.78, 5) is 21.7. The van der Waals surface area contributed by atoms with E-state index in [1.54, 1.807) is 6.92 Å². The van der Waals surface area contributed by atoms with Crippen LogP contribution in [-0.2, 0) is 0 Å². The molecule has 0 atom stereocenters. The molecule has 7 nitrogen and oxygen atoms in total. The van der Waals surface area contributed by atoms with Crippen molar-refractivity contribution in [3.05, 3.63) is 15.8 Å². The lowest BCUT2D eigenvalue weighted by Crippen LogP contribution is -2.34. The third-order valence-electron chi connectivity index (χ3n) is 3.60. The van der Waals surface area contributed by atoms with E-state index in [0.29, 0.717) is 29.9 Å². The van der Waals surface area contributed by atoms with Crippen LogP contribution in [0.3, 0.4) is 0 Å². The van der Waals surface area contributed by atoms with Crippen LogP contribution in [-0.4, -0.2) is 34.0 Å². The summed E-state index contributed by atoms with van der Waals surface area (Å²) in [5.74, 6) is 1.52. The summed E-state index contributed by atoms with van der Waals surface area (Å²) in [6.45, 7) is 9.19. The Kier molecular flexibility index (Phi) is 4.59. The summed E-state index contributed by atoms with van der Waals surface area (Å²) in [7, 11) is 0. The number of aromatic nitrogens is 2. The first kappa shape index (κ1) is 15.5. The molecule has 1 aliphatic rings. The smallest absolute Gasteiger partial charge is 0.332 e. The Bertz CT molecular complexity index is 528. The van der Waals surface area contributed by atoms with Gasteiger partial charge in [0, 0.05) is 19.1 Å². The molecule has 116 valence electrons. The molecule has 0 amide bonds. The van der Waals surface area contributed by atoms with Gasteiger partial charge < -0.3 is 10.2 Å². The molecular formula is C14H23N5O2. The van der Waals surface area contributed by atoms with E-state index in [4.69, 9.17) is 0 Å². The highest BCUT2D eigenvalue weighted by molar-refractivity contribution is 5.63. The minimum absolute atomic E-state index is 0.0194. The Hall–Kier alpha value is -1.92. The normalized spacial score (nSPS) is 14.3. The molecule has 0 radical (unpaired) electrons. The molecule has 0 aromatic carbocycles. The van der Waals surface area contributed by atoms with Gasteiger partial charge in [-0.1, -0.05) is 0 Å². The molecule has 0 saturated heterocycles. The Morgan fingerprint density at radius 2 is 2.10 bits per heavy atom. The van der Waals surface area contributed by atoms with Gasteiger partial charge in [0.2, 0.25) is 11.8 Å². The summed E-state index contributed by atoms with van der Waals surface area (Å²) in [5.41, 5.74) is 0.424. The molecule has 2 rings (SSSR count). The molecule has 1 aromatic heterocycles. The van der Waals surface area contributed by atoms with Gasteiger partial charge in [-0.15, -0.1) is 0 Å². The second-order valence-corrected chi connectivity index (χ2v) is 5.78. The maximum Gasteiger partial charge on any atom is 0.332 e. The number of aryl methyl sites for hydroxylation is 1. The van der Waals surface area contributed by atoms with Crippen LogP contribution in [0.4, 0.5) is 17.5 Å². The van der Waals surface area contributed by atoms with Crippen LogP contribution >= 0.6 is 0 Å². The molecule has 0 spiro atoms. The van der Waals surface area contributed by atoms with Crippen LogP contribution in [0.25, 0.3) is 0 Å². The van der Waals surface area contributed by atoms with Crippen LogP contribution < -0.4 is 10.2 Å². The Morgan fingerprint density at radius 3 is 2.57 bits per heavy atom. The quantitative estimate of drug-likeness (QED) is 0.614. The maximum atomic E-state index is 11.4. The van der Waals surface area contributed by atoms with Gasteiger partial charge in [-0.25, -0.2) is 4.98 Å². The van der Waals surface area contributed by atoms with Crippen LogP contribution in [0.2, 0.25) is 0 Å². The van der Waals surface area contributed by atoms with Crippen LogP contribution in [0.15, 0.2) is 0 Å². The lowest BCUT2D eigenvalue weighted by atomic mass is 10.2. The fourth-order valence-electron chi connectivity index (χ4n) is 2.32. The van der Waals surface area contributed by atoms with E-state index >= 15 is 0 Å². The molecule has 7 heteroatoms. The van der Waals surface area contributed by atoms with Crippen molar-refractivity contribution in [2.45, 2.75) is 46.6 Å². The topological polar surface area (TPSA) is 84.2 Å². The summed E-state index contributed by atoms with van der Waals surface area (Å²) >= 11 is 0.